The van der Waals surface area contributed by atoms with E-state index < -0.39 is 0 Å². The third-order valence-electron chi connectivity index (χ3n) is 4.15. The predicted molar refractivity (Wildman–Crippen MR) is 89.5 cm³/mol. The van der Waals surface area contributed by atoms with Crippen LogP contribution in [-0.4, -0.2) is 59.9 Å². The molecule has 1 aromatic carbocycles. The third-order valence-corrected chi connectivity index (χ3v) is 4.15. The number of nitrogens with zero attached hydrogens (tertiary/aromatic N) is 6. The van der Waals surface area contributed by atoms with Crippen molar-refractivity contribution in [2.24, 2.45) is 0 Å². The fraction of sp³-hybridized carbons (Fsp3) is 0.312. The number of phenolic OH excluding ortho intramolecular Hbond substituents is 1. The van der Waals surface area contributed by atoms with E-state index in [0.29, 0.717) is 18.7 Å². The fourth-order valence-corrected chi connectivity index (χ4v) is 2.65. The first-order valence-corrected chi connectivity index (χ1v) is 7.79. The largest absolute Gasteiger partial charge is 0.507 e. The number of nitrogens with one attached hydrogen (secondary N) is 1. The molecular weight excluding hydrogens is 322 g/mol. The summed E-state index contributed by atoms with van der Waals surface area (Å²) in [6, 6.07) is 4.71. The molecule has 0 unspecified atom stereocenters. The Kier molecular flexibility index (Phi) is 4.46. The van der Waals surface area contributed by atoms with Crippen molar-refractivity contribution < 1.29 is 9.90 Å². The summed E-state index contributed by atoms with van der Waals surface area (Å²) in [5.74, 6) is -0.361. The van der Waals surface area contributed by atoms with Crippen molar-refractivity contribution >= 4 is 5.91 Å². The zero-order chi connectivity index (χ0) is 18.0. The molecular formula is C16H19N7O2. The van der Waals surface area contributed by atoms with Gasteiger partial charge in [-0.2, -0.15) is 5.10 Å². The van der Waals surface area contributed by atoms with Gasteiger partial charge in [-0.25, -0.2) is 4.68 Å². The van der Waals surface area contributed by atoms with Crippen molar-refractivity contribution in [2.75, 3.05) is 13.6 Å². The summed E-state index contributed by atoms with van der Waals surface area (Å²) in [4.78, 5) is 14.2. The molecule has 3 rings (SSSR count). The van der Waals surface area contributed by atoms with E-state index in [0.717, 1.165) is 17.0 Å². The number of tetrazole rings is 1. The molecule has 0 bridgehead atoms. The van der Waals surface area contributed by atoms with Gasteiger partial charge in [-0.3, -0.25) is 9.89 Å². The molecule has 2 aromatic heterocycles. The van der Waals surface area contributed by atoms with Crippen LogP contribution in [0.5, 0.6) is 5.75 Å². The molecule has 0 radical (unpaired) electrons. The number of aromatic amines is 1. The summed E-state index contributed by atoms with van der Waals surface area (Å²) >= 11 is 0. The lowest BCUT2D eigenvalue weighted by Gasteiger charge is -2.18. The van der Waals surface area contributed by atoms with E-state index in [1.54, 1.807) is 24.1 Å². The highest BCUT2D eigenvalue weighted by molar-refractivity contribution is 5.97. The summed E-state index contributed by atoms with van der Waals surface area (Å²) < 4.78 is 1.40. The van der Waals surface area contributed by atoms with E-state index in [2.05, 4.69) is 25.7 Å². The molecule has 3 aromatic rings. The number of aromatic nitrogens is 6. The van der Waals surface area contributed by atoms with Crippen LogP contribution in [0.25, 0.3) is 5.69 Å². The highest BCUT2D eigenvalue weighted by Crippen LogP contribution is 2.22. The van der Waals surface area contributed by atoms with Gasteiger partial charge in [-0.05, 0) is 48.4 Å². The van der Waals surface area contributed by atoms with Gasteiger partial charge < -0.3 is 10.0 Å². The molecule has 0 saturated heterocycles. The predicted octanol–water partition coefficient (Wildman–Crippen LogP) is 1.02. The molecule has 0 aliphatic rings. The molecule has 0 aliphatic carbocycles. The third kappa shape index (κ3) is 3.35. The normalized spacial score (nSPS) is 10.8. The second kappa shape index (κ2) is 6.71. The van der Waals surface area contributed by atoms with Gasteiger partial charge in [0.25, 0.3) is 5.91 Å². The van der Waals surface area contributed by atoms with Crippen molar-refractivity contribution in [3.8, 4) is 11.4 Å². The molecule has 2 heterocycles. The summed E-state index contributed by atoms with van der Waals surface area (Å²) in [5, 5.41) is 28.1. The minimum Gasteiger partial charge on any atom is -0.507 e. The number of rotatable bonds is 5. The molecule has 9 nitrogen and oxygen atoms in total. The van der Waals surface area contributed by atoms with Gasteiger partial charge in [0.05, 0.1) is 16.9 Å². The van der Waals surface area contributed by atoms with Gasteiger partial charge >= 0.3 is 0 Å². The molecule has 0 saturated carbocycles. The van der Waals surface area contributed by atoms with Crippen molar-refractivity contribution in [1.29, 1.82) is 0 Å². The lowest BCUT2D eigenvalue weighted by molar-refractivity contribution is 0.0793. The van der Waals surface area contributed by atoms with Crippen LogP contribution in [0.15, 0.2) is 24.5 Å². The van der Waals surface area contributed by atoms with Crippen LogP contribution in [0.1, 0.15) is 27.3 Å². The first kappa shape index (κ1) is 16.6. The van der Waals surface area contributed by atoms with E-state index in [9.17, 15) is 9.90 Å². The van der Waals surface area contributed by atoms with E-state index in [-0.39, 0.29) is 17.2 Å². The van der Waals surface area contributed by atoms with Crippen LogP contribution in [0.2, 0.25) is 0 Å². The number of aryl methyl sites for hydroxylation is 2. The van der Waals surface area contributed by atoms with E-state index >= 15 is 0 Å². The first-order chi connectivity index (χ1) is 12.0. The Hall–Kier alpha value is -3.23. The Labute approximate surface area is 144 Å². The maximum absolute atomic E-state index is 12.6. The lowest BCUT2D eigenvalue weighted by atomic mass is 10.1. The SMILES string of the molecule is Cc1n[nH]c(C)c1CCN(C)C(=O)c1ccc(-n2cnnn2)cc1O. The Morgan fingerprint density at radius 2 is 2.16 bits per heavy atom. The van der Waals surface area contributed by atoms with Gasteiger partial charge in [0, 0.05) is 25.4 Å². The molecule has 25 heavy (non-hydrogen) atoms. The number of carbonyl (C=O) groups excluding carboxylic acids is 1. The van der Waals surface area contributed by atoms with E-state index in [1.807, 2.05) is 13.8 Å². The summed E-state index contributed by atoms with van der Waals surface area (Å²) in [5.41, 5.74) is 3.86. The second-order valence-corrected chi connectivity index (χ2v) is 5.85. The number of carbonyl (C=O) groups is 1. The number of aromatic hydroxyl groups is 1. The van der Waals surface area contributed by atoms with Crippen LogP contribution in [0, 0.1) is 13.8 Å². The Morgan fingerprint density at radius 1 is 1.36 bits per heavy atom. The Morgan fingerprint density at radius 3 is 2.76 bits per heavy atom. The zero-order valence-corrected chi connectivity index (χ0v) is 14.3. The van der Waals surface area contributed by atoms with Gasteiger partial charge in [0.1, 0.15) is 12.1 Å². The van der Waals surface area contributed by atoms with Crippen molar-refractivity contribution in [2.45, 2.75) is 20.3 Å². The number of amides is 1. The highest BCUT2D eigenvalue weighted by atomic mass is 16.3. The molecule has 0 fully saturated rings. The van der Waals surface area contributed by atoms with E-state index in [4.69, 9.17) is 0 Å². The van der Waals surface area contributed by atoms with Gasteiger partial charge in [-0.1, -0.05) is 0 Å². The lowest BCUT2D eigenvalue weighted by Crippen LogP contribution is -2.29. The average molecular weight is 341 g/mol. The van der Waals surface area contributed by atoms with Crippen molar-refractivity contribution in [3.63, 3.8) is 0 Å². The molecule has 9 heteroatoms. The van der Waals surface area contributed by atoms with Crippen LogP contribution in [0.3, 0.4) is 0 Å². The molecule has 0 spiro atoms. The quantitative estimate of drug-likeness (QED) is 0.716. The number of phenols is 1. The summed E-state index contributed by atoms with van der Waals surface area (Å²) in [6.45, 7) is 4.42. The zero-order valence-electron chi connectivity index (χ0n) is 14.3. The Balaban J connectivity index is 1.72. The molecule has 130 valence electrons. The monoisotopic (exact) mass is 341 g/mol. The Bertz CT molecular complexity index is 867. The minimum atomic E-state index is -0.250. The number of benzene rings is 1. The second-order valence-electron chi connectivity index (χ2n) is 5.85. The maximum Gasteiger partial charge on any atom is 0.257 e. The topological polar surface area (TPSA) is 113 Å². The van der Waals surface area contributed by atoms with Crippen LogP contribution in [0.4, 0.5) is 0 Å². The number of likely N-dealkylation sites (N-methyl/N-ethyl adjacent to an activating group) is 1. The summed E-state index contributed by atoms with van der Waals surface area (Å²) in [7, 11) is 1.71. The minimum absolute atomic E-state index is 0.111. The molecule has 2 N–H and O–H groups in total. The first-order valence-electron chi connectivity index (χ1n) is 7.79. The smallest absolute Gasteiger partial charge is 0.257 e. The number of hydrogen-bond acceptors (Lipinski definition) is 6. The van der Waals surface area contributed by atoms with Gasteiger partial charge in [-0.15, -0.1) is 5.10 Å². The van der Waals surface area contributed by atoms with Crippen LogP contribution in [-0.2, 0) is 6.42 Å². The van der Waals surface area contributed by atoms with Crippen LogP contribution >= 0.6 is 0 Å². The molecule has 0 atom stereocenters. The number of H-pyrrole nitrogens is 1. The number of hydrogen-bond donors (Lipinski definition) is 2. The van der Waals surface area contributed by atoms with Gasteiger partial charge in [0.2, 0.25) is 0 Å². The fourth-order valence-electron chi connectivity index (χ4n) is 2.65. The van der Waals surface area contributed by atoms with Gasteiger partial charge in [0.15, 0.2) is 0 Å². The standard InChI is InChI=1S/C16H19N7O2/c1-10-13(11(2)19-18-10)6-7-22(3)16(25)14-5-4-12(8-15(14)24)23-9-17-20-21-23/h4-5,8-9,24H,6-7H2,1-3H3,(H,18,19). The maximum atomic E-state index is 12.6. The van der Waals surface area contributed by atoms with Crippen LogP contribution < -0.4 is 0 Å². The molecule has 1 amide bonds. The van der Waals surface area contributed by atoms with Crippen molar-refractivity contribution in [3.05, 3.63) is 47.0 Å². The summed E-state index contributed by atoms with van der Waals surface area (Å²) in [6.07, 6.45) is 2.11. The van der Waals surface area contributed by atoms with Crippen molar-refractivity contribution in [1.82, 2.24) is 35.3 Å². The average Bonchev–Trinajstić information content (AvgIpc) is 3.23. The molecule has 0 aliphatic heterocycles. The highest BCUT2D eigenvalue weighted by Gasteiger charge is 2.17. The van der Waals surface area contributed by atoms with E-state index in [1.165, 1.54) is 17.1 Å².